The highest BCUT2D eigenvalue weighted by Crippen LogP contribution is 2.13. The van der Waals surface area contributed by atoms with Crippen molar-refractivity contribution in [3.05, 3.63) is 29.8 Å². The molecule has 1 unspecified atom stereocenters. The number of hydrogen-bond donors (Lipinski definition) is 2. The van der Waals surface area contributed by atoms with Crippen LogP contribution in [0.5, 0.6) is 0 Å². The van der Waals surface area contributed by atoms with Crippen LogP contribution in [0.25, 0.3) is 0 Å². The second-order valence-corrected chi connectivity index (χ2v) is 5.96. The van der Waals surface area contributed by atoms with Crippen molar-refractivity contribution in [2.75, 3.05) is 17.0 Å². The number of nitrogens with one attached hydrogen (secondary N) is 2. The van der Waals surface area contributed by atoms with Gasteiger partial charge in [0.25, 0.3) is 0 Å². The summed E-state index contributed by atoms with van der Waals surface area (Å²) in [5.41, 5.74) is 1.68. The lowest BCUT2D eigenvalue weighted by Gasteiger charge is -2.27. The second-order valence-electron chi connectivity index (χ2n) is 4.19. The summed E-state index contributed by atoms with van der Waals surface area (Å²) >= 11 is 0. The summed E-state index contributed by atoms with van der Waals surface area (Å²) in [5.74, 6) is 0.154. The molecule has 1 aromatic rings. The lowest BCUT2D eigenvalue weighted by Crippen LogP contribution is -2.48. The first-order valence-corrected chi connectivity index (χ1v) is 7.01. The molecule has 1 fully saturated rings. The summed E-state index contributed by atoms with van der Waals surface area (Å²) in [4.78, 5) is 0. The summed E-state index contributed by atoms with van der Waals surface area (Å²) in [7, 11) is -3.22. The zero-order valence-corrected chi connectivity index (χ0v) is 10.0. The molecular weight excluding hydrogens is 224 g/mol. The summed E-state index contributed by atoms with van der Waals surface area (Å²) in [6.07, 6.45) is 0.939. The van der Waals surface area contributed by atoms with Crippen molar-refractivity contribution in [2.24, 2.45) is 0 Å². The molecule has 0 amide bonds. The van der Waals surface area contributed by atoms with Crippen molar-refractivity contribution >= 4 is 15.7 Å². The molecule has 1 atom stereocenters. The fourth-order valence-corrected chi connectivity index (χ4v) is 3.07. The van der Waals surface area contributed by atoms with Crippen LogP contribution in [-0.2, 0) is 10.0 Å². The van der Waals surface area contributed by atoms with Crippen LogP contribution in [0, 0.1) is 6.92 Å². The number of sulfonamides is 1. The summed E-state index contributed by atoms with van der Waals surface area (Å²) in [5, 5.41) is 3.08. The first kappa shape index (κ1) is 11.4. The summed E-state index contributed by atoms with van der Waals surface area (Å²) < 4.78 is 26.1. The first-order chi connectivity index (χ1) is 7.55. The Kier molecular flexibility index (Phi) is 3.16. The molecule has 2 N–H and O–H groups in total. The third kappa shape index (κ3) is 2.96. The van der Waals surface area contributed by atoms with E-state index in [4.69, 9.17) is 0 Å². The Morgan fingerprint density at radius 3 is 2.81 bits per heavy atom. The summed E-state index contributed by atoms with van der Waals surface area (Å²) in [6.45, 7) is 2.86. The van der Waals surface area contributed by atoms with E-state index in [2.05, 4.69) is 10.0 Å². The average Bonchev–Trinajstić information content (AvgIpc) is 2.11. The predicted molar refractivity (Wildman–Crippen MR) is 65.0 cm³/mol. The van der Waals surface area contributed by atoms with Gasteiger partial charge in [0.2, 0.25) is 10.0 Å². The van der Waals surface area contributed by atoms with Gasteiger partial charge >= 0.3 is 0 Å². The fraction of sp³-hybridized carbons (Fsp3) is 0.455. The molecule has 5 heteroatoms. The lowest BCUT2D eigenvalue weighted by molar-refractivity contribution is 0.399. The van der Waals surface area contributed by atoms with Gasteiger partial charge in [0.15, 0.2) is 0 Å². The number of aryl methyl sites for hydroxylation is 1. The van der Waals surface area contributed by atoms with Crippen LogP contribution < -0.4 is 10.0 Å². The highest BCUT2D eigenvalue weighted by atomic mass is 32.2. The topological polar surface area (TPSA) is 58.2 Å². The standard InChI is InChI=1S/C11H16N2O2S/c1-9-3-2-4-10(7-9)13-16(14,15)8-11-5-6-12-11/h2-4,7,11-13H,5-6,8H2,1H3. The Hall–Kier alpha value is -1.07. The van der Waals surface area contributed by atoms with Crippen LogP contribution in [-0.4, -0.2) is 26.8 Å². The van der Waals surface area contributed by atoms with E-state index in [1.165, 1.54) is 0 Å². The van der Waals surface area contributed by atoms with E-state index < -0.39 is 10.0 Å². The van der Waals surface area contributed by atoms with E-state index in [0.29, 0.717) is 5.69 Å². The average molecular weight is 240 g/mol. The third-order valence-electron chi connectivity index (χ3n) is 2.64. The van der Waals surface area contributed by atoms with Gasteiger partial charge in [-0.05, 0) is 37.6 Å². The maximum atomic E-state index is 11.8. The lowest BCUT2D eigenvalue weighted by atomic mass is 10.1. The molecule has 1 aromatic carbocycles. The van der Waals surface area contributed by atoms with Crippen LogP contribution in [0.3, 0.4) is 0 Å². The van der Waals surface area contributed by atoms with Crippen LogP contribution in [0.15, 0.2) is 24.3 Å². The highest BCUT2D eigenvalue weighted by molar-refractivity contribution is 7.92. The van der Waals surface area contributed by atoms with Gasteiger partial charge in [0.05, 0.1) is 5.75 Å². The van der Waals surface area contributed by atoms with E-state index in [-0.39, 0.29) is 11.8 Å². The molecule has 4 nitrogen and oxygen atoms in total. The smallest absolute Gasteiger partial charge is 0.234 e. The Balaban J connectivity index is 2.02. The molecule has 1 aliphatic rings. The number of anilines is 1. The molecule has 1 aliphatic heterocycles. The number of benzene rings is 1. The van der Waals surface area contributed by atoms with E-state index >= 15 is 0 Å². The molecule has 2 rings (SSSR count). The fourth-order valence-electron chi connectivity index (χ4n) is 1.69. The molecule has 0 bridgehead atoms. The van der Waals surface area contributed by atoms with Crippen molar-refractivity contribution < 1.29 is 8.42 Å². The van der Waals surface area contributed by atoms with Gasteiger partial charge in [0, 0.05) is 11.7 Å². The molecule has 0 aromatic heterocycles. The maximum absolute atomic E-state index is 11.8. The zero-order chi connectivity index (χ0) is 11.6. The molecule has 88 valence electrons. The van der Waals surface area contributed by atoms with Crippen LogP contribution in [0.2, 0.25) is 0 Å². The van der Waals surface area contributed by atoms with Gasteiger partial charge < -0.3 is 5.32 Å². The van der Waals surface area contributed by atoms with Crippen molar-refractivity contribution in [2.45, 2.75) is 19.4 Å². The minimum Gasteiger partial charge on any atom is -0.313 e. The van der Waals surface area contributed by atoms with Crippen LogP contribution in [0.1, 0.15) is 12.0 Å². The predicted octanol–water partition coefficient (Wildman–Crippen LogP) is 1.10. The van der Waals surface area contributed by atoms with Gasteiger partial charge in [-0.1, -0.05) is 12.1 Å². The molecule has 0 aliphatic carbocycles. The van der Waals surface area contributed by atoms with E-state index in [1.807, 2.05) is 25.1 Å². The van der Waals surface area contributed by atoms with Crippen molar-refractivity contribution in [3.63, 3.8) is 0 Å². The third-order valence-corrected chi connectivity index (χ3v) is 4.03. The molecule has 1 saturated heterocycles. The zero-order valence-electron chi connectivity index (χ0n) is 9.23. The molecule has 0 radical (unpaired) electrons. The van der Waals surface area contributed by atoms with E-state index in [9.17, 15) is 8.42 Å². The minimum atomic E-state index is -3.22. The highest BCUT2D eigenvalue weighted by Gasteiger charge is 2.23. The molecule has 1 heterocycles. The Bertz CT molecular complexity index is 467. The molecule has 0 spiro atoms. The van der Waals surface area contributed by atoms with Gasteiger partial charge in [-0.15, -0.1) is 0 Å². The van der Waals surface area contributed by atoms with E-state index in [0.717, 1.165) is 18.5 Å². The Morgan fingerprint density at radius 2 is 2.25 bits per heavy atom. The monoisotopic (exact) mass is 240 g/mol. The number of rotatable bonds is 4. The number of hydrogen-bond acceptors (Lipinski definition) is 3. The largest absolute Gasteiger partial charge is 0.313 e. The molecular formula is C11H16N2O2S. The second kappa shape index (κ2) is 4.43. The molecule has 16 heavy (non-hydrogen) atoms. The minimum absolute atomic E-state index is 0.113. The molecule has 0 saturated carbocycles. The van der Waals surface area contributed by atoms with Crippen molar-refractivity contribution in [1.29, 1.82) is 0 Å². The van der Waals surface area contributed by atoms with E-state index in [1.54, 1.807) is 6.07 Å². The van der Waals surface area contributed by atoms with Gasteiger partial charge in [-0.25, -0.2) is 8.42 Å². The Labute approximate surface area is 96.1 Å². The van der Waals surface area contributed by atoms with Gasteiger partial charge in [0.1, 0.15) is 0 Å². The first-order valence-electron chi connectivity index (χ1n) is 5.36. The maximum Gasteiger partial charge on any atom is 0.234 e. The van der Waals surface area contributed by atoms with Gasteiger partial charge in [-0.2, -0.15) is 0 Å². The quantitative estimate of drug-likeness (QED) is 0.828. The van der Waals surface area contributed by atoms with Crippen LogP contribution in [0.4, 0.5) is 5.69 Å². The van der Waals surface area contributed by atoms with Crippen molar-refractivity contribution in [1.82, 2.24) is 5.32 Å². The Morgan fingerprint density at radius 1 is 1.50 bits per heavy atom. The van der Waals surface area contributed by atoms with Crippen molar-refractivity contribution in [3.8, 4) is 0 Å². The van der Waals surface area contributed by atoms with Gasteiger partial charge in [-0.3, -0.25) is 4.72 Å². The normalized spacial score (nSPS) is 20.2. The van der Waals surface area contributed by atoms with Crippen LogP contribution >= 0.6 is 0 Å². The SMILES string of the molecule is Cc1cccc(NS(=O)(=O)CC2CCN2)c1. The summed E-state index contributed by atoms with van der Waals surface area (Å²) in [6, 6.07) is 7.48.